The van der Waals surface area contributed by atoms with E-state index in [4.69, 9.17) is 4.74 Å². The summed E-state index contributed by atoms with van der Waals surface area (Å²) in [5, 5.41) is 4.15. The minimum Gasteiger partial charge on any atom is -0.378 e. The lowest BCUT2D eigenvalue weighted by atomic mass is 10.0. The molecule has 0 radical (unpaired) electrons. The second-order valence-electron chi connectivity index (χ2n) is 4.36. The van der Waals surface area contributed by atoms with Gasteiger partial charge in [-0.2, -0.15) is 0 Å². The number of rotatable bonds is 2. The molecule has 1 unspecified atom stereocenters. The largest absolute Gasteiger partial charge is 0.378 e. The third-order valence-corrected chi connectivity index (χ3v) is 3.11. The first kappa shape index (κ1) is 11.3. The molecule has 1 aromatic heterocycles. The van der Waals surface area contributed by atoms with Crippen molar-refractivity contribution in [2.24, 2.45) is 0 Å². The number of fused-ring (bicyclic) bond motifs is 1. The van der Waals surface area contributed by atoms with Gasteiger partial charge in [0.25, 0.3) is 0 Å². The van der Waals surface area contributed by atoms with E-state index in [-0.39, 0.29) is 11.8 Å². The Balaban J connectivity index is 1.91. The summed E-state index contributed by atoms with van der Waals surface area (Å²) in [4.78, 5) is 16.6. The Morgan fingerprint density at radius 3 is 3.11 bits per heavy atom. The molecule has 1 aromatic carbocycles. The van der Waals surface area contributed by atoms with Gasteiger partial charge in [0.05, 0.1) is 24.8 Å². The number of aromatic nitrogens is 1. The highest BCUT2D eigenvalue weighted by Gasteiger charge is 2.22. The Morgan fingerprint density at radius 2 is 2.28 bits per heavy atom. The number of pyridine rings is 1. The Labute approximate surface area is 105 Å². The number of morpholine rings is 1. The molecule has 1 saturated heterocycles. The van der Waals surface area contributed by atoms with Crippen LogP contribution in [0.2, 0.25) is 0 Å². The first-order chi connectivity index (χ1) is 8.84. The summed E-state index contributed by atoms with van der Waals surface area (Å²) in [6, 6.07) is 9.42. The molecule has 4 nitrogen and oxygen atoms in total. The number of ether oxygens (including phenoxy) is 1. The van der Waals surface area contributed by atoms with Crippen LogP contribution in [0.5, 0.6) is 0 Å². The van der Waals surface area contributed by atoms with Crippen LogP contribution < -0.4 is 5.32 Å². The number of benzene rings is 1. The fourth-order valence-electron chi connectivity index (χ4n) is 2.14. The van der Waals surface area contributed by atoms with Gasteiger partial charge in [-0.15, -0.1) is 0 Å². The molecule has 1 atom stereocenters. The number of hydrogen-bond donors (Lipinski definition) is 1. The zero-order chi connectivity index (χ0) is 12.4. The van der Waals surface area contributed by atoms with Gasteiger partial charge in [0, 0.05) is 23.7 Å². The number of nitrogens with zero attached hydrogens (tertiary/aromatic N) is 1. The predicted molar refractivity (Wildman–Crippen MR) is 68.7 cm³/mol. The van der Waals surface area contributed by atoms with Crippen LogP contribution >= 0.6 is 0 Å². The zero-order valence-corrected chi connectivity index (χ0v) is 9.93. The van der Waals surface area contributed by atoms with Crippen molar-refractivity contribution in [1.29, 1.82) is 0 Å². The first-order valence-corrected chi connectivity index (χ1v) is 6.05. The fraction of sp³-hybridized carbons (Fsp3) is 0.286. The molecule has 2 aromatic rings. The predicted octanol–water partition coefficient (Wildman–Crippen LogP) is 1.41. The van der Waals surface area contributed by atoms with Gasteiger partial charge < -0.3 is 10.1 Å². The van der Waals surface area contributed by atoms with Gasteiger partial charge in [-0.25, -0.2) is 0 Å². The van der Waals surface area contributed by atoms with Crippen LogP contribution in [-0.4, -0.2) is 36.6 Å². The van der Waals surface area contributed by atoms with Gasteiger partial charge in [0.15, 0.2) is 5.78 Å². The summed E-state index contributed by atoms with van der Waals surface area (Å²) in [7, 11) is 0. The van der Waals surface area contributed by atoms with Gasteiger partial charge in [-0.3, -0.25) is 9.78 Å². The van der Waals surface area contributed by atoms with Crippen molar-refractivity contribution in [2.75, 3.05) is 19.8 Å². The first-order valence-electron chi connectivity index (χ1n) is 6.05. The second-order valence-corrected chi connectivity index (χ2v) is 4.36. The zero-order valence-electron chi connectivity index (χ0n) is 9.93. The van der Waals surface area contributed by atoms with Gasteiger partial charge in [0.2, 0.25) is 0 Å². The molecule has 0 spiro atoms. The monoisotopic (exact) mass is 242 g/mol. The fourth-order valence-corrected chi connectivity index (χ4v) is 2.14. The van der Waals surface area contributed by atoms with Crippen LogP contribution in [0.4, 0.5) is 0 Å². The number of ketones is 1. The van der Waals surface area contributed by atoms with Crippen LogP contribution in [0.3, 0.4) is 0 Å². The van der Waals surface area contributed by atoms with Crippen molar-refractivity contribution in [2.45, 2.75) is 6.04 Å². The SMILES string of the molecule is O=C(c1cnc2ccccc2c1)C1COCCN1. The lowest BCUT2D eigenvalue weighted by molar-refractivity contribution is 0.0607. The quantitative estimate of drug-likeness (QED) is 0.809. The molecule has 3 rings (SSSR count). The van der Waals surface area contributed by atoms with Crippen molar-refractivity contribution in [1.82, 2.24) is 10.3 Å². The lowest BCUT2D eigenvalue weighted by Crippen LogP contribution is -2.46. The lowest BCUT2D eigenvalue weighted by Gasteiger charge is -2.22. The summed E-state index contributed by atoms with van der Waals surface area (Å²) in [5.74, 6) is 0.0490. The molecule has 0 aliphatic carbocycles. The summed E-state index contributed by atoms with van der Waals surface area (Å²) >= 11 is 0. The molecule has 0 bridgehead atoms. The van der Waals surface area contributed by atoms with E-state index in [1.165, 1.54) is 0 Å². The molecule has 1 fully saturated rings. The normalized spacial score (nSPS) is 19.9. The van der Waals surface area contributed by atoms with Crippen molar-refractivity contribution in [3.8, 4) is 0 Å². The van der Waals surface area contributed by atoms with Crippen molar-refractivity contribution in [3.05, 3.63) is 42.1 Å². The Morgan fingerprint density at radius 1 is 1.39 bits per heavy atom. The molecule has 0 amide bonds. The van der Waals surface area contributed by atoms with Crippen molar-refractivity contribution in [3.63, 3.8) is 0 Å². The molecule has 1 aliphatic heterocycles. The number of Topliss-reactive ketones (excluding diaryl/α,β-unsaturated/α-hetero) is 1. The summed E-state index contributed by atoms with van der Waals surface area (Å²) in [6.07, 6.45) is 1.64. The van der Waals surface area contributed by atoms with Gasteiger partial charge in [-0.1, -0.05) is 18.2 Å². The summed E-state index contributed by atoms with van der Waals surface area (Å²) in [5.41, 5.74) is 1.54. The average Bonchev–Trinajstić information content (AvgIpc) is 2.47. The van der Waals surface area contributed by atoms with E-state index in [0.29, 0.717) is 18.8 Å². The van der Waals surface area contributed by atoms with E-state index in [2.05, 4.69) is 10.3 Å². The number of nitrogens with one attached hydrogen (secondary N) is 1. The molecule has 4 heteroatoms. The van der Waals surface area contributed by atoms with E-state index in [1.54, 1.807) is 6.20 Å². The summed E-state index contributed by atoms with van der Waals surface area (Å²) in [6.45, 7) is 1.82. The molecule has 18 heavy (non-hydrogen) atoms. The highest BCUT2D eigenvalue weighted by atomic mass is 16.5. The van der Waals surface area contributed by atoms with Gasteiger partial charge >= 0.3 is 0 Å². The molecule has 1 aliphatic rings. The minimum atomic E-state index is -0.248. The maximum atomic E-state index is 12.3. The average molecular weight is 242 g/mol. The number of hydrogen-bond acceptors (Lipinski definition) is 4. The maximum Gasteiger partial charge on any atom is 0.183 e. The Bertz CT molecular complexity index is 577. The van der Waals surface area contributed by atoms with Crippen LogP contribution in [0.1, 0.15) is 10.4 Å². The van der Waals surface area contributed by atoms with E-state index >= 15 is 0 Å². The molecule has 1 N–H and O–H groups in total. The second kappa shape index (κ2) is 4.84. The topological polar surface area (TPSA) is 51.2 Å². The number of carbonyl (C=O) groups is 1. The van der Waals surface area contributed by atoms with Crippen molar-refractivity contribution < 1.29 is 9.53 Å². The highest BCUT2D eigenvalue weighted by Crippen LogP contribution is 2.14. The highest BCUT2D eigenvalue weighted by molar-refractivity contribution is 6.02. The van der Waals surface area contributed by atoms with E-state index in [1.807, 2.05) is 30.3 Å². The smallest absolute Gasteiger partial charge is 0.183 e. The Kier molecular flexibility index (Phi) is 3.04. The maximum absolute atomic E-state index is 12.3. The number of para-hydroxylation sites is 1. The van der Waals surface area contributed by atoms with Crippen LogP contribution in [-0.2, 0) is 4.74 Å². The summed E-state index contributed by atoms with van der Waals surface area (Å²) < 4.78 is 5.31. The van der Waals surface area contributed by atoms with Gasteiger partial charge in [-0.05, 0) is 12.1 Å². The molecule has 0 saturated carbocycles. The molecular formula is C14H14N2O2. The van der Waals surface area contributed by atoms with Gasteiger partial charge in [0.1, 0.15) is 0 Å². The van der Waals surface area contributed by atoms with E-state index in [9.17, 15) is 4.79 Å². The van der Waals surface area contributed by atoms with Crippen LogP contribution in [0.15, 0.2) is 36.5 Å². The Hall–Kier alpha value is -1.78. The molecule has 92 valence electrons. The van der Waals surface area contributed by atoms with Crippen molar-refractivity contribution >= 4 is 16.7 Å². The van der Waals surface area contributed by atoms with Crippen LogP contribution in [0.25, 0.3) is 10.9 Å². The van der Waals surface area contributed by atoms with Crippen LogP contribution in [0, 0.1) is 0 Å². The third kappa shape index (κ3) is 2.12. The number of carbonyl (C=O) groups excluding carboxylic acids is 1. The van der Waals surface area contributed by atoms with E-state index < -0.39 is 0 Å². The minimum absolute atomic E-state index is 0.0490. The molecule has 2 heterocycles. The molecular weight excluding hydrogens is 228 g/mol. The standard InChI is InChI=1S/C14H14N2O2/c17-14(13-9-18-6-5-15-13)11-7-10-3-1-2-4-12(10)16-8-11/h1-4,7-8,13,15H,5-6,9H2. The third-order valence-electron chi connectivity index (χ3n) is 3.11. The van der Waals surface area contributed by atoms with E-state index in [0.717, 1.165) is 17.4 Å².